The van der Waals surface area contributed by atoms with Gasteiger partial charge in [-0.2, -0.15) is 0 Å². The van der Waals surface area contributed by atoms with Crippen LogP contribution in [0.4, 0.5) is 11.4 Å². The SMILES string of the molecule is COCCN1CCC(Nc2ccc([N+](=O)[O-])cc2)C1. The molecule has 104 valence electrons. The number of hydrogen-bond donors (Lipinski definition) is 1. The predicted molar refractivity (Wildman–Crippen MR) is 73.4 cm³/mol. The molecule has 1 aliphatic rings. The third-order valence-corrected chi connectivity index (χ3v) is 3.33. The summed E-state index contributed by atoms with van der Waals surface area (Å²) >= 11 is 0. The first-order chi connectivity index (χ1) is 9.19. The normalized spacial score (nSPS) is 19.5. The molecule has 1 heterocycles. The van der Waals surface area contributed by atoms with Gasteiger partial charge in [0, 0.05) is 50.6 Å². The Bertz CT molecular complexity index is 422. The molecule has 1 aromatic rings. The van der Waals surface area contributed by atoms with Crippen LogP contribution in [0.2, 0.25) is 0 Å². The second kappa shape index (κ2) is 6.49. The lowest BCUT2D eigenvalue weighted by Gasteiger charge is -2.16. The highest BCUT2D eigenvalue weighted by molar-refractivity contribution is 5.49. The molecule has 1 atom stereocenters. The van der Waals surface area contributed by atoms with Crippen molar-refractivity contribution in [2.75, 3.05) is 38.7 Å². The number of benzene rings is 1. The molecule has 2 rings (SSSR count). The van der Waals surface area contributed by atoms with Crippen LogP contribution in [0, 0.1) is 10.1 Å². The third kappa shape index (κ3) is 3.90. The number of likely N-dealkylation sites (tertiary alicyclic amines) is 1. The van der Waals surface area contributed by atoms with Crippen LogP contribution in [0.25, 0.3) is 0 Å². The van der Waals surface area contributed by atoms with E-state index in [0.717, 1.165) is 38.3 Å². The number of nitrogens with one attached hydrogen (secondary N) is 1. The monoisotopic (exact) mass is 265 g/mol. The van der Waals surface area contributed by atoms with Gasteiger partial charge in [-0.3, -0.25) is 15.0 Å². The highest BCUT2D eigenvalue weighted by Gasteiger charge is 2.21. The lowest BCUT2D eigenvalue weighted by molar-refractivity contribution is -0.384. The lowest BCUT2D eigenvalue weighted by atomic mass is 10.2. The van der Waals surface area contributed by atoms with Crippen LogP contribution in [-0.4, -0.2) is 49.2 Å². The summed E-state index contributed by atoms with van der Waals surface area (Å²) in [4.78, 5) is 12.5. The molecule has 0 bridgehead atoms. The largest absolute Gasteiger partial charge is 0.383 e. The molecule has 0 saturated carbocycles. The van der Waals surface area contributed by atoms with E-state index >= 15 is 0 Å². The van der Waals surface area contributed by atoms with Gasteiger partial charge in [0.15, 0.2) is 0 Å². The molecule has 1 aliphatic heterocycles. The Morgan fingerprint density at radius 3 is 2.84 bits per heavy atom. The number of methoxy groups -OCH3 is 1. The fourth-order valence-electron chi connectivity index (χ4n) is 2.29. The maximum Gasteiger partial charge on any atom is 0.269 e. The van der Waals surface area contributed by atoms with Gasteiger partial charge in [-0.15, -0.1) is 0 Å². The third-order valence-electron chi connectivity index (χ3n) is 3.33. The number of hydrogen-bond acceptors (Lipinski definition) is 5. The minimum Gasteiger partial charge on any atom is -0.383 e. The van der Waals surface area contributed by atoms with Gasteiger partial charge in [-0.05, 0) is 18.6 Å². The number of nitrogens with zero attached hydrogens (tertiary/aromatic N) is 2. The molecular formula is C13H19N3O3. The summed E-state index contributed by atoms with van der Waals surface area (Å²) in [5.74, 6) is 0. The smallest absolute Gasteiger partial charge is 0.269 e. The lowest BCUT2D eigenvalue weighted by Crippen LogP contribution is -2.28. The van der Waals surface area contributed by atoms with E-state index in [9.17, 15) is 10.1 Å². The van der Waals surface area contributed by atoms with Crippen LogP contribution in [0.15, 0.2) is 24.3 Å². The Labute approximate surface area is 112 Å². The summed E-state index contributed by atoms with van der Waals surface area (Å²) < 4.78 is 5.07. The molecule has 0 aliphatic carbocycles. The molecule has 1 fully saturated rings. The maximum absolute atomic E-state index is 10.6. The van der Waals surface area contributed by atoms with Gasteiger partial charge in [-0.25, -0.2) is 0 Å². The zero-order chi connectivity index (χ0) is 13.7. The molecular weight excluding hydrogens is 246 g/mol. The molecule has 0 spiro atoms. The number of non-ortho nitro benzene ring substituents is 1. The molecule has 1 aromatic carbocycles. The van der Waals surface area contributed by atoms with Crippen LogP contribution < -0.4 is 5.32 Å². The first kappa shape index (κ1) is 13.8. The summed E-state index contributed by atoms with van der Waals surface area (Å²) in [6.45, 7) is 3.76. The molecule has 1 saturated heterocycles. The Morgan fingerprint density at radius 1 is 1.47 bits per heavy atom. The van der Waals surface area contributed by atoms with Crippen molar-refractivity contribution in [3.63, 3.8) is 0 Å². The summed E-state index contributed by atoms with van der Waals surface area (Å²) in [7, 11) is 1.71. The molecule has 6 nitrogen and oxygen atoms in total. The predicted octanol–water partition coefficient (Wildman–Crippen LogP) is 1.73. The number of nitro groups is 1. The van der Waals surface area contributed by atoms with Crippen LogP contribution in [-0.2, 0) is 4.74 Å². The van der Waals surface area contributed by atoms with Crippen molar-refractivity contribution in [3.8, 4) is 0 Å². The molecule has 0 amide bonds. The summed E-state index contributed by atoms with van der Waals surface area (Å²) in [5, 5.41) is 14.0. The summed E-state index contributed by atoms with van der Waals surface area (Å²) in [6, 6.07) is 6.98. The molecule has 1 N–H and O–H groups in total. The Morgan fingerprint density at radius 2 is 2.21 bits per heavy atom. The van der Waals surface area contributed by atoms with E-state index in [2.05, 4.69) is 10.2 Å². The average Bonchev–Trinajstić information content (AvgIpc) is 2.84. The van der Waals surface area contributed by atoms with Gasteiger partial charge < -0.3 is 10.1 Å². The number of ether oxygens (including phenoxy) is 1. The van der Waals surface area contributed by atoms with Crippen molar-refractivity contribution in [2.45, 2.75) is 12.5 Å². The molecule has 0 aromatic heterocycles. The molecule has 6 heteroatoms. The van der Waals surface area contributed by atoms with Crippen molar-refractivity contribution in [1.29, 1.82) is 0 Å². The van der Waals surface area contributed by atoms with Crippen LogP contribution in [0.5, 0.6) is 0 Å². The number of nitro benzene ring substituents is 1. The van der Waals surface area contributed by atoms with E-state index in [0.29, 0.717) is 6.04 Å². The quantitative estimate of drug-likeness (QED) is 0.626. The fraction of sp³-hybridized carbons (Fsp3) is 0.538. The van der Waals surface area contributed by atoms with E-state index in [1.165, 1.54) is 12.1 Å². The Balaban J connectivity index is 1.83. The van der Waals surface area contributed by atoms with Gasteiger partial charge in [0.2, 0.25) is 0 Å². The van der Waals surface area contributed by atoms with Crippen molar-refractivity contribution in [3.05, 3.63) is 34.4 Å². The zero-order valence-corrected chi connectivity index (χ0v) is 11.0. The van der Waals surface area contributed by atoms with E-state index < -0.39 is 0 Å². The van der Waals surface area contributed by atoms with Crippen molar-refractivity contribution in [2.24, 2.45) is 0 Å². The van der Waals surface area contributed by atoms with Crippen LogP contribution in [0.1, 0.15) is 6.42 Å². The topological polar surface area (TPSA) is 67.6 Å². The number of anilines is 1. The first-order valence-electron chi connectivity index (χ1n) is 6.41. The van der Waals surface area contributed by atoms with Crippen LogP contribution >= 0.6 is 0 Å². The van der Waals surface area contributed by atoms with Crippen molar-refractivity contribution >= 4 is 11.4 Å². The minimum atomic E-state index is -0.383. The van der Waals surface area contributed by atoms with Gasteiger partial charge in [0.25, 0.3) is 5.69 Å². The van der Waals surface area contributed by atoms with Crippen molar-refractivity contribution in [1.82, 2.24) is 4.90 Å². The highest BCUT2D eigenvalue weighted by atomic mass is 16.6. The van der Waals surface area contributed by atoms with E-state index in [1.54, 1.807) is 19.2 Å². The van der Waals surface area contributed by atoms with Gasteiger partial charge in [0.05, 0.1) is 11.5 Å². The molecule has 19 heavy (non-hydrogen) atoms. The minimum absolute atomic E-state index is 0.124. The summed E-state index contributed by atoms with van der Waals surface area (Å²) in [5.41, 5.74) is 1.06. The zero-order valence-electron chi connectivity index (χ0n) is 11.0. The van der Waals surface area contributed by atoms with E-state index in [1.807, 2.05) is 0 Å². The average molecular weight is 265 g/mol. The van der Waals surface area contributed by atoms with E-state index in [4.69, 9.17) is 4.74 Å². The van der Waals surface area contributed by atoms with Gasteiger partial charge >= 0.3 is 0 Å². The van der Waals surface area contributed by atoms with Crippen LogP contribution in [0.3, 0.4) is 0 Å². The Hall–Kier alpha value is -1.66. The standard InChI is InChI=1S/C13H19N3O3/c1-19-9-8-15-7-6-12(10-15)14-11-2-4-13(5-3-11)16(17)18/h2-5,12,14H,6-10H2,1H3. The number of rotatable bonds is 6. The summed E-state index contributed by atoms with van der Waals surface area (Å²) in [6.07, 6.45) is 1.08. The second-order valence-corrected chi connectivity index (χ2v) is 4.73. The van der Waals surface area contributed by atoms with Gasteiger partial charge in [-0.1, -0.05) is 0 Å². The maximum atomic E-state index is 10.6. The Kier molecular flexibility index (Phi) is 4.70. The second-order valence-electron chi connectivity index (χ2n) is 4.73. The highest BCUT2D eigenvalue weighted by Crippen LogP contribution is 2.19. The van der Waals surface area contributed by atoms with E-state index in [-0.39, 0.29) is 10.6 Å². The molecule has 1 unspecified atom stereocenters. The first-order valence-corrected chi connectivity index (χ1v) is 6.41. The fourth-order valence-corrected chi connectivity index (χ4v) is 2.29. The molecule has 0 radical (unpaired) electrons. The van der Waals surface area contributed by atoms with Crippen molar-refractivity contribution < 1.29 is 9.66 Å². The van der Waals surface area contributed by atoms with Gasteiger partial charge in [0.1, 0.15) is 0 Å².